The van der Waals surface area contributed by atoms with E-state index in [2.05, 4.69) is 4.74 Å². The topological polar surface area (TPSA) is 53.3 Å². The molecule has 1 aromatic rings. The van der Waals surface area contributed by atoms with Crippen LogP contribution >= 0.6 is 0 Å². The maximum absolute atomic E-state index is 13.2. The first-order valence-corrected chi connectivity index (χ1v) is 5.92. The van der Waals surface area contributed by atoms with E-state index in [1.54, 1.807) is 13.0 Å². The van der Waals surface area contributed by atoms with Gasteiger partial charge in [0.1, 0.15) is 11.9 Å². The molecule has 0 heterocycles. The van der Waals surface area contributed by atoms with Crippen LogP contribution in [0.15, 0.2) is 18.2 Å². The third kappa shape index (κ3) is 4.34. The van der Waals surface area contributed by atoms with E-state index in [1.807, 2.05) is 18.0 Å². The zero-order valence-electron chi connectivity index (χ0n) is 11.3. The summed E-state index contributed by atoms with van der Waals surface area (Å²) in [5, 5.41) is 8.76. The number of carbonyl (C=O) groups excluding carboxylic acids is 1. The molecule has 0 aromatic heterocycles. The molecule has 0 aliphatic carbocycles. The normalized spacial score (nSPS) is 12.0. The number of esters is 1. The quantitative estimate of drug-likeness (QED) is 0.763. The average Bonchev–Trinajstić information content (AvgIpc) is 2.39. The molecule has 102 valence electrons. The molecule has 1 rings (SSSR count). The predicted octanol–water partition coefficient (Wildman–Crippen LogP) is 1.94. The van der Waals surface area contributed by atoms with Crippen LogP contribution in [0.25, 0.3) is 0 Å². The molecule has 1 atom stereocenters. The Morgan fingerprint density at radius 1 is 1.58 bits per heavy atom. The molecule has 0 radical (unpaired) electrons. The van der Waals surface area contributed by atoms with Crippen LogP contribution in [-0.4, -0.2) is 31.6 Å². The minimum absolute atomic E-state index is 0.0342. The lowest BCUT2D eigenvalue weighted by Gasteiger charge is -2.20. The monoisotopic (exact) mass is 264 g/mol. The summed E-state index contributed by atoms with van der Waals surface area (Å²) in [6, 6.07) is 6.25. The van der Waals surface area contributed by atoms with Crippen molar-refractivity contribution in [1.29, 1.82) is 5.26 Å². The zero-order chi connectivity index (χ0) is 14.4. The second-order valence-corrected chi connectivity index (χ2v) is 4.55. The van der Waals surface area contributed by atoms with Gasteiger partial charge in [0.25, 0.3) is 0 Å². The molecule has 0 spiro atoms. The highest BCUT2D eigenvalue weighted by molar-refractivity contribution is 5.72. The summed E-state index contributed by atoms with van der Waals surface area (Å²) in [7, 11) is 3.22. The fourth-order valence-electron chi connectivity index (χ4n) is 1.88. The smallest absolute Gasteiger partial charge is 0.309 e. The van der Waals surface area contributed by atoms with E-state index in [0.717, 1.165) is 5.56 Å². The van der Waals surface area contributed by atoms with Gasteiger partial charge in [-0.25, -0.2) is 4.39 Å². The number of carbonyl (C=O) groups is 1. The van der Waals surface area contributed by atoms with Gasteiger partial charge in [0, 0.05) is 13.1 Å². The summed E-state index contributed by atoms with van der Waals surface area (Å²) < 4.78 is 17.8. The van der Waals surface area contributed by atoms with Gasteiger partial charge in [0.05, 0.1) is 18.6 Å². The maximum Gasteiger partial charge on any atom is 0.309 e. The minimum atomic E-state index is -0.517. The lowest BCUT2D eigenvalue weighted by Crippen LogP contribution is -2.29. The van der Waals surface area contributed by atoms with Crippen molar-refractivity contribution >= 4 is 5.97 Å². The van der Waals surface area contributed by atoms with E-state index in [1.165, 1.54) is 19.2 Å². The van der Waals surface area contributed by atoms with Gasteiger partial charge in [-0.05, 0) is 24.7 Å². The van der Waals surface area contributed by atoms with E-state index < -0.39 is 5.82 Å². The lowest BCUT2D eigenvalue weighted by atomic mass is 10.1. The van der Waals surface area contributed by atoms with E-state index in [9.17, 15) is 9.18 Å². The Balaban J connectivity index is 2.65. The van der Waals surface area contributed by atoms with Crippen LogP contribution in [0, 0.1) is 23.1 Å². The summed E-state index contributed by atoms with van der Waals surface area (Å²) in [6.07, 6.45) is 0. The summed E-state index contributed by atoms with van der Waals surface area (Å²) >= 11 is 0. The number of hydrogen-bond donors (Lipinski definition) is 0. The maximum atomic E-state index is 13.2. The van der Waals surface area contributed by atoms with Crippen LogP contribution in [0.5, 0.6) is 0 Å². The van der Waals surface area contributed by atoms with Gasteiger partial charge in [-0.2, -0.15) is 5.26 Å². The van der Waals surface area contributed by atoms with Crippen molar-refractivity contribution in [2.45, 2.75) is 13.5 Å². The molecule has 0 bridgehead atoms. The molecular formula is C14H17FN2O2. The van der Waals surface area contributed by atoms with Crippen molar-refractivity contribution in [3.05, 3.63) is 35.1 Å². The van der Waals surface area contributed by atoms with Crippen LogP contribution in [0.4, 0.5) is 4.39 Å². The average molecular weight is 264 g/mol. The molecule has 5 heteroatoms. The number of nitrogens with zero attached hydrogens (tertiary/aromatic N) is 2. The number of benzene rings is 1. The Hall–Kier alpha value is -1.93. The third-order valence-electron chi connectivity index (χ3n) is 2.79. The van der Waals surface area contributed by atoms with Gasteiger partial charge in [-0.3, -0.25) is 4.79 Å². The summed E-state index contributed by atoms with van der Waals surface area (Å²) in [5.74, 6) is -1.01. The Labute approximate surface area is 112 Å². The number of methoxy groups -OCH3 is 1. The zero-order valence-corrected chi connectivity index (χ0v) is 11.3. The summed E-state index contributed by atoms with van der Waals surface area (Å²) in [6.45, 7) is 2.86. The fraction of sp³-hybridized carbons (Fsp3) is 0.429. The van der Waals surface area contributed by atoms with Crippen LogP contribution in [-0.2, 0) is 16.1 Å². The Morgan fingerprint density at radius 2 is 2.26 bits per heavy atom. The van der Waals surface area contributed by atoms with Gasteiger partial charge >= 0.3 is 5.97 Å². The van der Waals surface area contributed by atoms with Crippen molar-refractivity contribution < 1.29 is 13.9 Å². The van der Waals surface area contributed by atoms with Crippen LogP contribution in [0.1, 0.15) is 18.1 Å². The summed E-state index contributed by atoms with van der Waals surface area (Å²) in [4.78, 5) is 13.2. The van der Waals surface area contributed by atoms with E-state index >= 15 is 0 Å². The molecule has 1 unspecified atom stereocenters. The molecular weight excluding hydrogens is 247 g/mol. The van der Waals surface area contributed by atoms with Gasteiger partial charge in [-0.1, -0.05) is 13.0 Å². The molecule has 19 heavy (non-hydrogen) atoms. The first-order valence-electron chi connectivity index (χ1n) is 5.92. The number of ether oxygens (including phenoxy) is 1. The van der Waals surface area contributed by atoms with Crippen molar-refractivity contribution in [2.75, 3.05) is 20.7 Å². The van der Waals surface area contributed by atoms with Gasteiger partial charge in [0.15, 0.2) is 0 Å². The van der Waals surface area contributed by atoms with E-state index in [-0.39, 0.29) is 17.5 Å². The van der Waals surface area contributed by atoms with E-state index in [4.69, 9.17) is 5.26 Å². The Bertz CT molecular complexity index is 497. The number of rotatable bonds is 5. The molecule has 0 saturated carbocycles. The number of halogens is 1. The molecule has 0 aliphatic heterocycles. The Morgan fingerprint density at radius 3 is 2.84 bits per heavy atom. The SMILES string of the molecule is COC(=O)C(C)CN(C)Cc1ccc(F)c(C#N)c1. The Kier molecular flexibility index (Phi) is 5.46. The molecule has 4 nitrogen and oxygen atoms in total. The minimum Gasteiger partial charge on any atom is -0.469 e. The highest BCUT2D eigenvalue weighted by Gasteiger charge is 2.15. The molecule has 1 aromatic carbocycles. The molecule has 0 amide bonds. The van der Waals surface area contributed by atoms with Gasteiger partial charge in [0.2, 0.25) is 0 Å². The number of hydrogen-bond acceptors (Lipinski definition) is 4. The highest BCUT2D eigenvalue weighted by atomic mass is 19.1. The lowest BCUT2D eigenvalue weighted by molar-refractivity contribution is -0.145. The van der Waals surface area contributed by atoms with Crippen molar-refractivity contribution in [2.24, 2.45) is 5.92 Å². The van der Waals surface area contributed by atoms with E-state index in [0.29, 0.717) is 13.1 Å². The first kappa shape index (κ1) is 15.1. The standard InChI is InChI=1S/C14H17FN2O2/c1-10(14(18)19-3)8-17(2)9-11-4-5-13(15)12(6-11)7-16/h4-6,10H,8-9H2,1-3H3. The predicted molar refractivity (Wildman–Crippen MR) is 68.6 cm³/mol. The van der Waals surface area contributed by atoms with Gasteiger partial charge < -0.3 is 9.64 Å². The van der Waals surface area contributed by atoms with Crippen LogP contribution < -0.4 is 0 Å². The summed E-state index contributed by atoms with van der Waals surface area (Å²) in [5.41, 5.74) is 0.865. The third-order valence-corrected chi connectivity index (χ3v) is 2.79. The molecule has 0 N–H and O–H groups in total. The fourth-order valence-corrected chi connectivity index (χ4v) is 1.88. The van der Waals surface area contributed by atoms with Crippen molar-refractivity contribution in [3.63, 3.8) is 0 Å². The van der Waals surface area contributed by atoms with Gasteiger partial charge in [-0.15, -0.1) is 0 Å². The largest absolute Gasteiger partial charge is 0.469 e. The molecule has 0 saturated heterocycles. The molecule has 0 aliphatic rings. The number of nitriles is 1. The second-order valence-electron chi connectivity index (χ2n) is 4.55. The van der Waals surface area contributed by atoms with Crippen LogP contribution in [0.3, 0.4) is 0 Å². The second kappa shape index (κ2) is 6.86. The van der Waals surface area contributed by atoms with Crippen LogP contribution in [0.2, 0.25) is 0 Å². The highest BCUT2D eigenvalue weighted by Crippen LogP contribution is 2.12. The molecule has 0 fully saturated rings. The van der Waals surface area contributed by atoms with Crippen molar-refractivity contribution in [1.82, 2.24) is 4.90 Å². The first-order chi connectivity index (χ1) is 8.97. The van der Waals surface area contributed by atoms with Crippen molar-refractivity contribution in [3.8, 4) is 6.07 Å².